The number of nitrogens with zero attached hydrogens (tertiary/aromatic N) is 3. The summed E-state index contributed by atoms with van der Waals surface area (Å²) in [6.45, 7) is 11.2. The lowest BCUT2D eigenvalue weighted by Gasteiger charge is -2.32. The predicted molar refractivity (Wildman–Crippen MR) is 131 cm³/mol. The van der Waals surface area contributed by atoms with Crippen molar-refractivity contribution >= 4 is 11.8 Å². The van der Waals surface area contributed by atoms with E-state index in [0.717, 1.165) is 55.7 Å². The van der Waals surface area contributed by atoms with Gasteiger partial charge in [-0.1, -0.05) is 43.7 Å². The fourth-order valence-electron chi connectivity index (χ4n) is 4.63. The summed E-state index contributed by atoms with van der Waals surface area (Å²) in [5.74, 6) is 0.0784. The van der Waals surface area contributed by atoms with Crippen molar-refractivity contribution in [3.63, 3.8) is 0 Å². The fraction of sp³-hybridized carbons (Fsp3) is 0.577. The van der Waals surface area contributed by atoms with Gasteiger partial charge in [0.1, 0.15) is 0 Å². The molecule has 1 saturated heterocycles. The van der Waals surface area contributed by atoms with Gasteiger partial charge < -0.3 is 10.6 Å². The zero-order chi connectivity index (χ0) is 23.8. The van der Waals surface area contributed by atoms with Crippen LogP contribution in [0.3, 0.4) is 0 Å². The molecule has 0 bridgehead atoms. The molecule has 2 amide bonds. The average molecular weight is 454 g/mol. The highest BCUT2D eigenvalue weighted by Crippen LogP contribution is 2.18. The van der Waals surface area contributed by atoms with Gasteiger partial charge in [-0.2, -0.15) is 5.10 Å². The van der Waals surface area contributed by atoms with Gasteiger partial charge in [0.2, 0.25) is 11.8 Å². The van der Waals surface area contributed by atoms with Crippen LogP contribution in [0.2, 0.25) is 0 Å². The second-order valence-corrected chi connectivity index (χ2v) is 9.34. The number of likely N-dealkylation sites (tertiary alicyclic amines) is 1. The van der Waals surface area contributed by atoms with Gasteiger partial charge in [-0.25, -0.2) is 0 Å². The van der Waals surface area contributed by atoms with Crippen LogP contribution in [0, 0.1) is 19.8 Å². The van der Waals surface area contributed by atoms with Crippen LogP contribution < -0.4 is 10.6 Å². The molecule has 1 aromatic carbocycles. The maximum atomic E-state index is 12.7. The molecule has 7 nitrogen and oxygen atoms in total. The minimum Gasteiger partial charge on any atom is -0.353 e. The maximum absolute atomic E-state index is 12.7. The molecule has 180 valence electrons. The number of piperidine rings is 1. The first-order valence-electron chi connectivity index (χ1n) is 12.2. The Kier molecular flexibility index (Phi) is 9.06. The molecular weight excluding hydrogens is 414 g/mol. The summed E-state index contributed by atoms with van der Waals surface area (Å²) in [5, 5.41) is 10.9. The lowest BCUT2D eigenvalue weighted by Crippen LogP contribution is -2.47. The second-order valence-electron chi connectivity index (χ2n) is 9.34. The van der Waals surface area contributed by atoms with Crippen LogP contribution in [0.4, 0.5) is 0 Å². The molecule has 2 unspecified atom stereocenters. The molecule has 7 heteroatoms. The van der Waals surface area contributed by atoms with E-state index in [2.05, 4.69) is 53.5 Å². The van der Waals surface area contributed by atoms with Crippen molar-refractivity contribution in [1.82, 2.24) is 25.3 Å². The van der Waals surface area contributed by atoms with Crippen molar-refractivity contribution < 1.29 is 9.59 Å². The lowest BCUT2D eigenvalue weighted by atomic mass is 9.96. The third kappa shape index (κ3) is 7.16. The van der Waals surface area contributed by atoms with E-state index in [1.54, 1.807) is 0 Å². The normalized spacial score (nSPS) is 17.5. The number of carbonyl (C=O) groups is 2. The van der Waals surface area contributed by atoms with Crippen LogP contribution in [0.15, 0.2) is 30.3 Å². The summed E-state index contributed by atoms with van der Waals surface area (Å²) in [4.78, 5) is 27.4. The van der Waals surface area contributed by atoms with Crippen LogP contribution in [-0.4, -0.2) is 52.2 Å². The summed E-state index contributed by atoms with van der Waals surface area (Å²) in [6.07, 6.45) is 3.88. The largest absolute Gasteiger partial charge is 0.353 e. The Morgan fingerprint density at radius 1 is 1.21 bits per heavy atom. The summed E-state index contributed by atoms with van der Waals surface area (Å²) >= 11 is 0. The van der Waals surface area contributed by atoms with E-state index in [-0.39, 0.29) is 23.8 Å². The molecule has 2 N–H and O–H groups in total. The highest BCUT2D eigenvalue weighted by atomic mass is 16.2. The topological polar surface area (TPSA) is 79.3 Å². The Bertz CT molecular complexity index is 924. The highest BCUT2D eigenvalue weighted by molar-refractivity contribution is 5.80. The van der Waals surface area contributed by atoms with E-state index in [9.17, 15) is 9.59 Å². The third-order valence-electron chi connectivity index (χ3n) is 6.52. The van der Waals surface area contributed by atoms with Crippen LogP contribution in [0.5, 0.6) is 0 Å². The van der Waals surface area contributed by atoms with E-state index in [4.69, 9.17) is 0 Å². The SMILES string of the molecule is CCCC(C)NC(=O)C1CCCN(CC(=O)NCc2c(C)nn(Cc3ccccc3)c2C)C1. The summed E-state index contributed by atoms with van der Waals surface area (Å²) < 4.78 is 2.00. The third-order valence-corrected chi connectivity index (χ3v) is 6.52. The number of hydrogen-bond donors (Lipinski definition) is 2. The number of aromatic nitrogens is 2. The number of amides is 2. The Balaban J connectivity index is 1.49. The van der Waals surface area contributed by atoms with Gasteiger partial charge in [0.15, 0.2) is 0 Å². The molecule has 0 spiro atoms. The predicted octanol–water partition coefficient (Wildman–Crippen LogP) is 3.18. The monoisotopic (exact) mass is 453 g/mol. The number of aryl methyl sites for hydroxylation is 1. The van der Waals surface area contributed by atoms with Crippen molar-refractivity contribution in [1.29, 1.82) is 0 Å². The first-order chi connectivity index (χ1) is 15.9. The summed E-state index contributed by atoms with van der Waals surface area (Å²) in [6, 6.07) is 10.5. The Morgan fingerprint density at radius 3 is 2.70 bits per heavy atom. The first-order valence-corrected chi connectivity index (χ1v) is 12.2. The van der Waals surface area contributed by atoms with E-state index in [1.807, 2.05) is 29.8 Å². The minimum atomic E-state index is -0.0356. The molecule has 1 fully saturated rings. The minimum absolute atomic E-state index is 0.00924. The smallest absolute Gasteiger partial charge is 0.234 e. The van der Waals surface area contributed by atoms with Crippen molar-refractivity contribution in [2.75, 3.05) is 19.6 Å². The van der Waals surface area contributed by atoms with Gasteiger partial charge in [-0.3, -0.25) is 19.2 Å². The van der Waals surface area contributed by atoms with Crippen LogP contribution in [-0.2, 0) is 22.7 Å². The molecular formula is C26H39N5O2. The van der Waals surface area contributed by atoms with Crippen LogP contribution >= 0.6 is 0 Å². The molecule has 2 aromatic rings. The second kappa shape index (κ2) is 12.0. The molecule has 1 aliphatic rings. The van der Waals surface area contributed by atoms with Crippen LogP contribution in [0.1, 0.15) is 62.0 Å². The summed E-state index contributed by atoms with van der Waals surface area (Å²) in [5.41, 5.74) is 4.29. The van der Waals surface area contributed by atoms with Gasteiger partial charge in [0.05, 0.1) is 24.7 Å². The zero-order valence-corrected chi connectivity index (χ0v) is 20.6. The number of hydrogen-bond acceptors (Lipinski definition) is 4. The van der Waals surface area contributed by atoms with E-state index in [1.165, 1.54) is 5.56 Å². The first kappa shape index (κ1) is 25.0. The van der Waals surface area contributed by atoms with Gasteiger partial charge in [0, 0.05) is 30.4 Å². The number of benzene rings is 1. The van der Waals surface area contributed by atoms with E-state index < -0.39 is 0 Å². The molecule has 2 heterocycles. The molecule has 0 radical (unpaired) electrons. The van der Waals surface area contributed by atoms with Gasteiger partial charge in [-0.05, 0) is 52.1 Å². The fourth-order valence-corrected chi connectivity index (χ4v) is 4.63. The molecule has 0 saturated carbocycles. The zero-order valence-electron chi connectivity index (χ0n) is 20.6. The van der Waals surface area contributed by atoms with Crippen molar-refractivity contribution in [3.05, 3.63) is 52.8 Å². The quantitative estimate of drug-likeness (QED) is 0.579. The molecule has 2 atom stereocenters. The lowest BCUT2D eigenvalue weighted by molar-refractivity contribution is -0.129. The summed E-state index contributed by atoms with van der Waals surface area (Å²) in [7, 11) is 0. The van der Waals surface area contributed by atoms with Gasteiger partial charge in [-0.15, -0.1) is 0 Å². The van der Waals surface area contributed by atoms with Crippen LogP contribution in [0.25, 0.3) is 0 Å². The molecule has 33 heavy (non-hydrogen) atoms. The Hall–Kier alpha value is -2.67. The molecule has 3 rings (SSSR count). The molecule has 1 aromatic heterocycles. The van der Waals surface area contributed by atoms with E-state index in [0.29, 0.717) is 19.6 Å². The molecule has 1 aliphatic heterocycles. The Morgan fingerprint density at radius 2 is 1.97 bits per heavy atom. The number of carbonyl (C=O) groups excluding carboxylic acids is 2. The van der Waals surface area contributed by atoms with Crippen molar-refractivity contribution in [3.8, 4) is 0 Å². The van der Waals surface area contributed by atoms with E-state index >= 15 is 0 Å². The van der Waals surface area contributed by atoms with Crippen molar-refractivity contribution in [2.45, 2.75) is 72.5 Å². The molecule has 0 aliphatic carbocycles. The highest BCUT2D eigenvalue weighted by Gasteiger charge is 2.27. The van der Waals surface area contributed by atoms with Gasteiger partial charge >= 0.3 is 0 Å². The standard InChI is InChI=1S/C26H39N5O2/c1-5-10-19(2)28-26(33)23-13-9-14-30(17-23)18-25(32)27-15-24-20(3)29-31(21(24)4)16-22-11-7-6-8-12-22/h6-8,11-12,19,23H,5,9-10,13-18H2,1-4H3,(H,27,32)(H,28,33). The Labute approximate surface area is 197 Å². The maximum Gasteiger partial charge on any atom is 0.234 e. The van der Waals surface area contributed by atoms with Gasteiger partial charge in [0.25, 0.3) is 0 Å². The number of nitrogens with one attached hydrogen (secondary N) is 2. The number of rotatable bonds is 10. The average Bonchev–Trinajstić information content (AvgIpc) is 3.05. The van der Waals surface area contributed by atoms with Crippen molar-refractivity contribution in [2.24, 2.45) is 5.92 Å².